The maximum Gasteiger partial charge on any atom is 0.174 e. The van der Waals surface area contributed by atoms with Gasteiger partial charge in [-0.05, 0) is 98.1 Å². The minimum Gasteiger partial charge on any atom is -0.459 e. The van der Waals surface area contributed by atoms with E-state index in [-0.39, 0.29) is 12.1 Å². The van der Waals surface area contributed by atoms with Crippen molar-refractivity contribution < 1.29 is 4.42 Å². The van der Waals surface area contributed by atoms with Crippen LogP contribution in [0.2, 0.25) is 5.02 Å². The van der Waals surface area contributed by atoms with Crippen LogP contribution in [0.1, 0.15) is 48.9 Å². The van der Waals surface area contributed by atoms with Gasteiger partial charge in [-0.2, -0.15) is 0 Å². The molecule has 0 aliphatic carbocycles. The smallest absolute Gasteiger partial charge is 0.174 e. The third kappa shape index (κ3) is 5.20. The van der Waals surface area contributed by atoms with Crippen molar-refractivity contribution in [3.63, 3.8) is 0 Å². The Labute approximate surface area is 248 Å². The average molecular weight is 622 g/mol. The second kappa shape index (κ2) is 11.0. The lowest BCUT2D eigenvalue weighted by molar-refractivity contribution is 0.438. The van der Waals surface area contributed by atoms with Gasteiger partial charge in [-0.3, -0.25) is 4.98 Å². The summed E-state index contributed by atoms with van der Waals surface area (Å²) in [6.45, 7) is 6.44. The van der Waals surface area contributed by atoms with E-state index in [9.17, 15) is 0 Å². The summed E-state index contributed by atoms with van der Waals surface area (Å²) in [6, 6.07) is 22.1. The first-order chi connectivity index (χ1) is 18.9. The van der Waals surface area contributed by atoms with Gasteiger partial charge in [0.1, 0.15) is 17.6 Å². The van der Waals surface area contributed by atoms with Crippen LogP contribution in [0.15, 0.2) is 81.8 Å². The zero-order chi connectivity index (χ0) is 27.1. The van der Waals surface area contributed by atoms with Gasteiger partial charge in [-0.25, -0.2) is 0 Å². The lowest BCUT2D eigenvalue weighted by Crippen LogP contribution is -2.33. The maximum absolute atomic E-state index is 6.91. The van der Waals surface area contributed by atoms with Gasteiger partial charge in [-0.1, -0.05) is 46.6 Å². The molecule has 4 aromatic rings. The Hall–Kier alpha value is -2.87. The second-order valence-corrected chi connectivity index (χ2v) is 12.1. The number of nitrogens with zero attached hydrogens (tertiary/aromatic N) is 3. The molecule has 2 aliphatic rings. The van der Waals surface area contributed by atoms with Crippen LogP contribution in [0.4, 0.5) is 11.4 Å². The van der Waals surface area contributed by atoms with E-state index in [1.807, 2.05) is 42.6 Å². The molecule has 0 saturated carbocycles. The van der Waals surface area contributed by atoms with E-state index in [1.165, 1.54) is 18.4 Å². The predicted molar refractivity (Wildman–Crippen MR) is 167 cm³/mol. The molecule has 0 radical (unpaired) electrons. The van der Waals surface area contributed by atoms with Crippen LogP contribution in [0, 0.1) is 12.8 Å². The first-order valence-corrected chi connectivity index (χ1v) is 14.9. The SMILES string of the molecule is Cc1ccc(-c2ccc([C@H]3[C@H](c4ccccn4)NC(=S)N3c3ccc(N4CCC(C)CC4)c(Cl)c3)o2)c(Br)c1. The number of hydrogen-bond acceptors (Lipinski definition) is 4. The molecule has 0 unspecified atom stereocenters. The number of aromatic nitrogens is 1. The fraction of sp³-hybridized carbons (Fsp3) is 0.290. The Morgan fingerprint density at radius 1 is 1.05 bits per heavy atom. The molecule has 4 heterocycles. The van der Waals surface area contributed by atoms with E-state index < -0.39 is 0 Å². The van der Waals surface area contributed by atoms with Crippen molar-refractivity contribution in [2.24, 2.45) is 5.92 Å². The molecule has 0 spiro atoms. The van der Waals surface area contributed by atoms with Crippen LogP contribution >= 0.6 is 39.7 Å². The van der Waals surface area contributed by atoms with Gasteiger partial charge < -0.3 is 19.5 Å². The Morgan fingerprint density at radius 3 is 2.59 bits per heavy atom. The number of halogens is 2. The van der Waals surface area contributed by atoms with Gasteiger partial charge in [0.2, 0.25) is 0 Å². The van der Waals surface area contributed by atoms with E-state index in [2.05, 4.69) is 80.2 Å². The summed E-state index contributed by atoms with van der Waals surface area (Å²) < 4.78 is 7.54. The summed E-state index contributed by atoms with van der Waals surface area (Å²) in [7, 11) is 0. The number of hydrogen-bond donors (Lipinski definition) is 1. The molecular weight excluding hydrogens is 592 g/mol. The minimum absolute atomic E-state index is 0.193. The molecule has 6 rings (SSSR count). The molecule has 39 heavy (non-hydrogen) atoms. The first-order valence-electron chi connectivity index (χ1n) is 13.3. The summed E-state index contributed by atoms with van der Waals surface area (Å²) >= 11 is 16.5. The maximum atomic E-state index is 6.91. The molecule has 2 aliphatic heterocycles. The highest BCUT2D eigenvalue weighted by Gasteiger charge is 2.43. The number of piperidine rings is 1. The minimum atomic E-state index is -0.247. The van der Waals surface area contributed by atoms with Crippen LogP contribution < -0.4 is 15.1 Å². The Morgan fingerprint density at radius 2 is 1.87 bits per heavy atom. The summed E-state index contributed by atoms with van der Waals surface area (Å²) in [4.78, 5) is 9.15. The Bertz CT molecular complexity index is 1500. The number of aryl methyl sites for hydroxylation is 1. The van der Waals surface area contributed by atoms with Crippen LogP contribution in [0.25, 0.3) is 11.3 Å². The number of furan rings is 1. The van der Waals surface area contributed by atoms with E-state index in [1.54, 1.807) is 0 Å². The quantitative estimate of drug-likeness (QED) is 0.226. The highest BCUT2D eigenvalue weighted by Crippen LogP contribution is 2.45. The van der Waals surface area contributed by atoms with Crippen LogP contribution in [0.5, 0.6) is 0 Å². The van der Waals surface area contributed by atoms with E-state index in [0.717, 1.165) is 62.7 Å². The summed E-state index contributed by atoms with van der Waals surface area (Å²) in [5.74, 6) is 2.35. The van der Waals surface area contributed by atoms with Crippen molar-refractivity contribution in [2.75, 3.05) is 22.9 Å². The number of anilines is 2. The van der Waals surface area contributed by atoms with E-state index in [4.69, 9.17) is 28.2 Å². The standard InChI is InChI=1S/C31H30BrClN4OS/c1-19-12-15-36(16-13-19)26-9-7-21(18-24(26)33)37-30(29(35-31(37)39)25-5-3-4-14-34-25)28-11-10-27(38-28)22-8-6-20(2)17-23(22)32/h3-11,14,17-19,29-30H,12-13,15-16H2,1-2H3,(H,35,39)/t29-,30-/m0/s1. The van der Waals surface area contributed by atoms with Crippen molar-refractivity contribution in [1.29, 1.82) is 0 Å². The third-order valence-corrected chi connectivity index (χ3v) is 9.01. The lowest BCUT2D eigenvalue weighted by atomic mass is 9.98. The van der Waals surface area contributed by atoms with E-state index >= 15 is 0 Å². The molecule has 200 valence electrons. The normalized spacial score (nSPS) is 19.9. The fourth-order valence-electron chi connectivity index (χ4n) is 5.55. The van der Waals surface area contributed by atoms with Crippen LogP contribution in [0.3, 0.4) is 0 Å². The van der Waals surface area contributed by atoms with Gasteiger partial charge in [0.05, 0.1) is 22.4 Å². The van der Waals surface area contributed by atoms with Gasteiger partial charge in [0.25, 0.3) is 0 Å². The molecule has 1 N–H and O–H groups in total. The molecule has 2 aromatic carbocycles. The number of nitrogens with one attached hydrogen (secondary N) is 1. The summed E-state index contributed by atoms with van der Waals surface area (Å²) in [5.41, 5.74) is 5.08. The average Bonchev–Trinajstić information content (AvgIpc) is 3.54. The topological polar surface area (TPSA) is 44.5 Å². The monoisotopic (exact) mass is 620 g/mol. The highest BCUT2D eigenvalue weighted by molar-refractivity contribution is 9.10. The van der Waals surface area contributed by atoms with E-state index in [0.29, 0.717) is 5.11 Å². The van der Waals surface area contributed by atoms with Crippen LogP contribution in [-0.4, -0.2) is 23.2 Å². The van der Waals surface area contributed by atoms with Gasteiger partial charge in [0.15, 0.2) is 5.11 Å². The number of rotatable bonds is 5. The van der Waals surface area contributed by atoms with Crippen molar-refractivity contribution >= 4 is 56.2 Å². The van der Waals surface area contributed by atoms with Crippen molar-refractivity contribution in [2.45, 2.75) is 38.8 Å². The Balaban J connectivity index is 1.38. The molecule has 0 amide bonds. The lowest BCUT2D eigenvalue weighted by Gasteiger charge is -2.33. The van der Waals surface area contributed by atoms with Gasteiger partial charge >= 0.3 is 0 Å². The number of pyridine rings is 1. The van der Waals surface area contributed by atoms with Gasteiger partial charge in [-0.15, -0.1) is 0 Å². The number of thiocarbonyl (C=S) groups is 1. The van der Waals surface area contributed by atoms with Crippen LogP contribution in [-0.2, 0) is 0 Å². The molecule has 0 bridgehead atoms. The third-order valence-electron chi connectivity index (χ3n) is 7.74. The van der Waals surface area contributed by atoms with Crippen molar-refractivity contribution in [3.8, 4) is 11.3 Å². The largest absolute Gasteiger partial charge is 0.459 e. The summed E-state index contributed by atoms with van der Waals surface area (Å²) in [5, 5.41) is 4.85. The van der Waals surface area contributed by atoms with Crippen molar-refractivity contribution in [1.82, 2.24) is 10.3 Å². The molecule has 2 fully saturated rings. The molecule has 2 atom stereocenters. The molecule has 2 saturated heterocycles. The molecule has 8 heteroatoms. The zero-order valence-electron chi connectivity index (χ0n) is 21.9. The van der Waals surface area contributed by atoms with Gasteiger partial charge in [0, 0.05) is 35.0 Å². The molecule has 5 nitrogen and oxygen atoms in total. The highest BCUT2D eigenvalue weighted by atomic mass is 79.9. The number of benzene rings is 2. The second-order valence-electron chi connectivity index (χ2n) is 10.5. The first kappa shape index (κ1) is 26.4. The Kier molecular flexibility index (Phi) is 7.40. The zero-order valence-corrected chi connectivity index (χ0v) is 25.1. The molecular formula is C31H30BrClN4OS. The predicted octanol–water partition coefficient (Wildman–Crippen LogP) is 8.48. The molecule has 2 aromatic heterocycles. The fourth-order valence-corrected chi connectivity index (χ4v) is 6.88. The van der Waals surface area contributed by atoms with Crippen molar-refractivity contribution in [3.05, 3.63) is 99.4 Å². The summed E-state index contributed by atoms with van der Waals surface area (Å²) in [6.07, 6.45) is 4.18.